The molecule has 0 spiro atoms. The van der Waals surface area contributed by atoms with Gasteiger partial charge >= 0.3 is 12.0 Å². The van der Waals surface area contributed by atoms with Gasteiger partial charge in [-0.1, -0.05) is 23.7 Å². The molecule has 1 unspecified atom stereocenters. The third-order valence-corrected chi connectivity index (χ3v) is 3.47. The predicted molar refractivity (Wildman–Crippen MR) is 74.4 cm³/mol. The Morgan fingerprint density at radius 3 is 2.50 bits per heavy atom. The minimum Gasteiger partial charge on any atom is -0.468 e. The topological polar surface area (TPSA) is 85.0 Å². The number of nitrogens with zero attached hydrogens (tertiary/aromatic N) is 2. The van der Waals surface area contributed by atoms with Crippen LogP contribution >= 0.6 is 11.6 Å². The zero-order valence-electron chi connectivity index (χ0n) is 11.1. The average molecular weight is 296 g/mol. The summed E-state index contributed by atoms with van der Waals surface area (Å²) in [6, 6.07) is 6.11. The maximum atomic E-state index is 12.0. The molecule has 1 aromatic carbocycles. The molecule has 106 valence electrons. The molecular weight excluding hydrogens is 282 g/mol. The van der Waals surface area contributed by atoms with Crippen molar-refractivity contribution in [1.82, 2.24) is 5.01 Å². The van der Waals surface area contributed by atoms with Gasteiger partial charge in [0, 0.05) is 5.02 Å². The third-order valence-electron chi connectivity index (χ3n) is 3.22. The van der Waals surface area contributed by atoms with Gasteiger partial charge in [0.15, 0.2) is 0 Å². The summed E-state index contributed by atoms with van der Waals surface area (Å²) in [6.45, 7) is 1.71. The van der Waals surface area contributed by atoms with Crippen LogP contribution in [-0.2, 0) is 9.53 Å². The molecule has 2 amide bonds. The zero-order chi connectivity index (χ0) is 14.9. The molecule has 0 bridgehead atoms. The first-order valence-electron chi connectivity index (χ1n) is 5.89. The molecule has 0 saturated carbocycles. The standard InChI is InChI=1S/C13H14ClN3O3/c1-13(11(18)20-2)7-17(12(15)19)16-10(13)8-3-5-9(14)6-4-8/h3-6H,7H2,1-2H3,(H2,15,19). The number of carbonyl (C=O) groups excluding carboxylic acids is 2. The van der Waals surface area contributed by atoms with Gasteiger partial charge in [0.2, 0.25) is 0 Å². The van der Waals surface area contributed by atoms with Gasteiger partial charge in [-0.05, 0) is 24.6 Å². The van der Waals surface area contributed by atoms with Crippen LogP contribution in [0.1, 0.15) is 12.5 Å². The third kappa shape index (κ3) is 2.34. The van der Waals surface area contributed by atoms with Crippen LogP contribution in [0, 0.1) is 5.41 Å². The van der Waals surface area contributed by atoms with Crippen molar-refractivity contribution in [2.45, 2.75) is 6.92 Å². The van der Waals surface area contributed by atoms with Gasteiger partial charge in [-0.15, -0.1) is 0 Å². The number of hydrazone groups is 1. The normalized spacial score (nSPS) is 21.6. The highest BCUT2D eigenvalue weighted by atomic mass is 35.5. The number of nitrogens with two attached hydrogens (primary N) is 1. The number of carbonyl (C=O) groups is 2. The minimum atomic E-state index is -1.06. The largest absolute Gasteiger partial charge is 0.468 e. The molecule has 0 radical (unpaired) electrons. The van der Waals surface area contributed by atoms with Crippen LogP contribution in [0.25, 0.3) is 0 Å². The maximum absolute atomic E-state index is 12.0. The molecule has 0 aliphatic carbocycles. The summed E-state index contributed by atoms with van der Waals surface area (Å²) in [4.78, 5) is 23.3. The fourth-order valence-corrected chi connectivity index (χ4v) is 2.26. The minimum absolute atomic E-state index is 0.0486. The molecule has 0 aromatic heterocycles. The van der Waals surface area contributed by atoms with Crippen LogP contribution in [0.4, 0.5) is 4.79 Å². The number of methoxy groups -OCH3 is 1. The quantitative estimate of drug-likeness (QED) is 0.841. The van der Waals surface area contributed by atoms with Crippen LogP contribution in [0.5, 0.6) is 0 Å². The van der Waals surface area contributed by atoms with Gasteiger partial charge in [-0.25, -0.2) is 9.80 Å². The van der Waals surface area contributed by atoms with E-state index >= 15 is 0 Å². The van der Waals surface area contributed by atoms with Crippen LogP contribution in [0.15, 0.2) is 29.4 Å². The van der Waals surface area contributed by atoms with Gasteiger partial charge in [0.05, 0.1) is 19.4 Å². The Bertz CT molecular complexity index is 585. The number of halogens is 1. The fraction of sp³-hybridized carbons (Fsp3) is 0.308. The van der Waals surface area contributed by atoms with E-state index in [0.29, 0.717) is 16.3 Å². The number of urea groups is 1. The van der Waals surface area contributed by atoms with Gasteiger partial charge in [0.25, 0.3) is 0 Å². The molecule has 1 atom stereocenters. The molecule has 0 fully saturated rings. The average Bonchev–Trinajstić information content (AvgIpc) is 2.78. The van der Waals surface area contributed by atoms with Crippen molar-refractivity contribution in [2.75, 3.05) is 13.7 Å². The first kappa shape index (κ1) is 14.3. The first-order chi connectivity index (χ1) is 9.38. The molecule has 2 N–H and O–H groups in total. The number of amides is 2. The van der Waals surface area contributed by atoms with Crippen molar-refractivity contribution in [1.29, 1.82) is 0 Å². The van der Waals surface area contributed by atoms with E-state index in [1.807, 2.05) is 0 Å². The highest BCUT2D eigenvalue weighted by molar-refractivity contribution is 6.30. The highest BCUT2D eigenvalue weighted by Gasteiger charge is 2.47. The molecular formula is C13H14ClN3O3. The Hall–Kier alpha value is -2.08. The second-order valence-corrected chi connectivity index (χ2v) is 5.11. The van der Waals surface area contributed by atoms with Gasteiger partial charge in [-0.3, -0.25) is 4.79 Å². The first-order valence-corrected chi connectivity index (χ1v) is 6.26. The van der Waals surface area contributed by atoms with Gasteiger partial charge < -0.3 is 10.5 Å². The number of hydrogen-bond acceptors (Lipinski definition) is 4. The van der Waals surface area contributed by atoms with Gasteiger partial charge in [-0.2, -0.15) is 5.10 Å². The predicted octanol–water partition coefficient (Wildman–Crippen LogP) is 1.62. The molecule has 2 rings (SSSR count). The SMILES string of the molecule is COC(=O)C1(C)CN(C(N)=O)N=C1c1ccc(Cl)cc1. The zero-order valence-corrected chi connectivity index (χ0v) is 11.8. The summed E-state index contributed by atoms with van der Waals surface area (Å²) in [5.74, 6) is -0.477. The Balaban J connectivity index is 2.49. The Kier molecular flexibility index (Phi) is 3.67. The second kappa shape index (κ2) is 5.13. The lowest BCUT2D eigenvalue weighted by atomic mass is 9.82. The lowest BCUT2D eigenvalue weighted by molar-refractivity contribution is -0.147. The Morgan fingerprint density at radius 2 is 2.00 bits per heavy atom. The summed E-state index contributed by atoms with van der Waals surface area (Å²) in [5.41, 5.74) is 5.29. The summed E-state index contributed by atoms with van der Waals surface area (Å²) in [5, 5.41) is 5.77. The molecule has 0 saturated heterocycles. The van der Waals surface area contributed by atoms with Crippen molar-refractivity contribution >= 4 is 29.3 Å². The summed E-state index contributed by atoms with van der Waals surface area (Å²) < 4.78 is 4.82. The van der Waals surface area contributed by atoms with Crippen molar-refractivity contribution in [2.24, 2.45) is 16.3 Å². The van der Waals surface area contributed by atoms with E-state index in [4.69, 9.17) is 22.1 Å². The summed E-state index contributed by atoms with van der Waals surface area (Å²) in [7, 11) is 1.29. The number of primary amides is 1. The number of esters is 1. The number of hydrogen-bond donors (Lipinski definition) is 1. The van der Waals surface area contributed by atoms with Crippen molar-refractivity contribution in [3.8, 4) is 0 Å². The molecule has 1 aliphatic rings. The van der Waals surface area contributed by atoms with Crippen LogP contribution < -0.4 is 5.73 Å². The molecule has 7 heteroatoms. The Labute approximate surface area is 121 Å². The molecule has 1 heterocycles. The van der Waals surface area contributed by atoms with E-state index in [9.17, 15) is 9.59 Å². The molecule has 6 nitrogen and oxygen atoms in total. The molecule has 1 aromatic rings. The Morgan fingerprint density at radius 1 is 1.40 bits per heavy atom. The van der Waals surface area contributed by atoms with E-state index in [2.05, 4.69) is 5.10 Å². The lowest BCUT2D eigenvalue weighted by Crippen LogP contribution is -2.42. The van der Waals surface area contributed by atoms with E-state index in [0.717, 1.165) is 5.01 Å². The van der Waals surface area contributed by atoms with Crippen LogP contribution in [0.2, 0.25) is 5.02 Å². The number of ether oxygens (including phenoxy) is 1. The highest BCUT2D eigenvalue weighted by Crippen LogP contribution is 2.32. The smallest absolute Gasteiger partial charge is 0.335 e. The van der Waals surface area contributed by atoms with Crippen LogP contribution in [-0.4, -0.2) is 36.4 Å². The van der Waals surface area contributed by atoms with E-state index in [1.54, 1.807) is 31.2 Å². The van der Waals surface area contributed by atoms with Crippen molar-refractivity contribution in [3.05, 3.63) is 34.9 Å². The van der Waals surface area contributed by atoms with Gasteiger partial charge in [0.1, 0.15) is 5.41 Å². The summed E-state index contributed by atoms with van der Waals surface area (Å²) >= 11 is 5.84. The van der Waals surface area contributed by atoms with E-state index in [1.165, 1.54) is 7.11 Å². The monoisotopic (exact) mass is 295 g/mol. The maximum Gasteiger partial charge on any atom is 0.335 e. The number of benzene rings is 1. The van der Waals surface area contributed by atoms with Crippen LogP contribution in [0.3, 0.4) is 0 Å². The van der Waals surface area contributed by atoms with Crippen molar-refractivity contribution in [3.63, 3.8) is 0 Å². The lowest BCUT2D eigenvalue weighted by Gasteiger charge is -2.22. The second-order valence-electron chi connectivity index (χ2n) is 4.68. The summed E-state index contributed by atoms with van der Waals surface area (Å²) in [6.07, 6.45) is 0. The molecule has 20 heavy (non-hydrogen) atoms. The van der Waals surface area contributed by atoms with Crippen molar-refractivity contribution < 1.29 is 14.3 Å². The fourth-order valence-electron chi connectivity index (χ4n) is 2.14. The van der Waals surface area contributed by atoms with E-state index < -0.39 is 17.4 Å². The van der Waals surface area contributed by atoms with E-state index in [-0.39, 0.29) is 6.54 Å². The molecule has 1 aliphatic heterocycles. The number of rotatable bonds is 2.